The molecule has 1 aliphatic carbocycles. The summed E-state index contributed by atoms with van der Waals surface area (Å²) in [6.07, 6.45) is -10.2. The molecule has 1 aromatic carbocycles. The first-order valence-electron chi connectivity index (χ1n) is 11.5. The third-order valence-corrected chi connectivity index (χ3v) is 7.61. The van der Waals surface area contributed by atoms with E-state index >= 15 is 0 Å². The molecular formula is C23H26F7N3O2. The standard InChI is InChI=1S/C23H26F7N3O2/c1-31-20(35)32-9-6-13(7-10-32)19(34)33-11-8-17-16-4-3-15(12-14(16)2-5-18(17)33)21(24,22(25,26)27)23(28,29)30/h3-4,12-13,17-18H,2,5-11H2,1H3,(H,31,35). The van der Waals surface area contributed by atoms with Gasteiger partial charge in [0.1, 0.15) is 0 Å². The molecule has 0 spiro atoms. The molecule has 0 bridgehead atoms. The third-order valence-electron chi connectivity index (χ3n) is 7.61. The van der Waals surface area contributed by atoms with Crippen molar-refractivity contribution in [3.63, 3.8) is 0 Å². The number of benzene rings is 1. The van der Waals surface area contributed by atoms with Crippen molar-refractivity contribution in [2.24, 2.45) is 5.92 Å². The second-order valence-electron chi connectivity index (χ2n) is 9.42. The SMILES string of the molecule is CNC(=O)N1CCC(C(=O)N2CCC3c4ccc(C(F)(C(F)(F)F)C(F)(F)F)cc4CCC32)CC1. The molecule has 2 unspecified atom stereocenters. The smallest absolute Gasteiger partial charge is 0.341 e. The van der Waals surface area contributed by atoms with Crippen LogP contribution in [0.5, 0.6) is 0 Å². The maximum Gasteiger partial charge on any atom is 0.435 e. The number of nitrogens with one attached hydrogen (secondary N) is 1. The summed E-state index contributed by atoms with van der Waals surface area (Å²) >= 11 is 0. The largest absolute Gasteiger partial charge is 0.435 e. The molecule has 2 atom stereocenters. The molecular weight excluding hydrogens is 483 g/mol. The Labute approximate surface area is 197 Å². The lowest BCUT2D eigenvalue weighted by Crippen LogP contribution is -2.50. The Hall–Kier alpha value is -2.53. The van der Waals surface area contributed by atoms with Crippen LogP contribution in [0.1, 0.15) is 48.3 Å². The molecule has 0 aromatic heterocycles. The van der Waals surface area contributed by atoms with E-state index in [0.717, 1.165) is 6.07 Å². The van der Waals surface area contributed by atoms with Crippen LogP contribution < -0.4 is 5.32 Å². The fourth-order valence-electron chi connectivity index (χ4n) is 5.76. The van der Waals surface area contributed by atoms with Gasteiger partial charge in [-0.05, 0) is 43.2 Å². The molecule has 194 valence electrons. The summed E-state index contributed by atoms with van der Waals surface area (Å²) in [7, 11) is 1.54. The number of rotatable bonds is 2. The number of carbonyl (C=O) groups excluding carboxylic acids is 2. The Bertz CT molecular complexity index is 972. The normalized spacial score (nSPS) is 23.7. The van der Waals surface area contributed by atoms with E-state index in [1.54, 1.807) is 9.80 Å². The molecule has 2 saturated heterocycles. The highest BCUT2D eigenvalue weighted by Crippen LogP contribution is 2.54. The monoisotopic (exact) mass is 509 g/mol. The maximum atomic E-state index is 14.5. The summed E-state index contributed by atoms with van der Waals surface area (Å²) in [6.45, 7) is 1.34. The molecule has 2 fully saturated rings. The predicted octanol–water partition coefficient (Wildman–Crippen LogP) is 4.66. The fourth-order valence-corrected chi connectivity index (χ4v) is 5.76. The van der Waals surface area contributed by atoms with Crippen molar-refractivity contribution in [2.45, 2.75) is 62.1 Å². The van der Waals surface area contributed by atoms with Gasteiger partial charge in [-0.25, -0.2) is 9.18 Å². The molecule has 2 heterocycles. The highest BCUT2D eigenvalue weighted by atomic mass is 19.4. The highest BCUT2D eigenvalue weighted by molar-refractivity contribution is 5.80. The molecule has 3 amide bonds. The number of fused-ring (bicyclic) bond motifs is 3. The van der Waals surface area contributed by atoms with Gasteiger partial charge in [0.2, 0.25) is 5.91 Å². The summed E-state index contributed by atoms with van der Waals surface area (Å²) in [5, 5.41) is 2.55. The Kier molecular flexibility index (Phi) is 6.46. The minimum absolute atomic E-state index is 0.0361. The van der Waals surface area contributed by atoms with Crippen molar-refractivity contribution in [3.05, 3.63) is 34.9 Å². The van der Waals surface area contributed by atoms with Crippen molar-refractivity contribution >= 4 is 11.9 Å². The molecule has 0 radical (unpaired) electrons. The number of hydrogen-bond acceptors (Lipinski definition) is 2. The summed E-state index contributed by atoms with van der Waals surface area (Å²) in [5.41, 5.74) is -6.09. The van der Waals surface area contributed by atoms with Gasteiger partial charge in [0.25, 0.3) is 0 Å². The predicted molar refractivity (Wildman–Crippen MR) is 111 cm³/mol. The van der Waals surface area contributed by atoms with E-state index in [1.165, 1.54) is 7.05 Å². The van der Waals surface area contributed by atoms with Gasteiger partial charge in [0, 0.05) is 50.1 Å². The molecule has 0 saturated carbocycles. The molecule has 1 aromatic rings. The van der Waals surface area contributed by atoms with Gasteiger partial charge in [-0.1, -0.05) is 18.2 Å². The fraction of sp³-hybridized carbons (Fsp3) is 0.652. The first-order valence-corrected chi connectivity index (χ1v) is 11.5. The Morgan fingerprint density at radius 1 is 0.914 bits per heavy atom. The second kappa shape index (κ2) is 8.85. The number of alkyl halides is 7. The number of carbonyl (C=O) groups is 2. The summed E-state index contributed by atoms with van der Waals surface area (Å²) in [6, 6.07) is 2.00. The van der Waals surface area contributed by atoms with Crippen molar-refractivity contribution in [3.8, 4) is 0 Å². The zero-order valence-electron chi connectivity index (χ0n) is 19.0. The molecule has 5 nitrogen and oxygen atoms in total. The van der Waals surface area contributed by atoms with Crippen LogP contribution in [0.25, 0.3) is 0 Å². The van der Waals surface area contributed by atoms with Crippen LogP contribution in [-0.2, 0) is 16.9 Å². The third kappa shape index (κ3) is 4.22. The van der Waals surface area contributed by atoms with Gasteiger partial charge in [0.05, 0.1) is 0 Å². The Balaban J connectivity index is 1.51. The molecule has 3 aliphatic rings. The summed E-state index contributed by atoms with van der Waals surface area (Å²) in [5.74, 6) is -0.510. The number of likely N-dealkylation sites (tertiary alicyclic amines) is 2. The molecule has 4 rings (SSSR count). The van der Waals surface area contributed by atoms with E-state index in [1.807, 2.05) is 0 Å². The maximum absolute atomic E-state index is 14.5. The lowest BCUT2D eigenvalue weighted by atomic mass is 9.77. The topological polar surface area (TPSA) is 52.7 Å². The van der Waals surface area contributed by atoms with Crippen molar-refractivity contribution in [1.82, 2.24) is 15.1 Å². The van der Waals surface area contributed by atoms with Gasteiger partial charge in [-0.3, -0.25) is 4.79 Å². The van der Waals surface area contributed by atoms with E-state index in [0.29, 0.717) is 63.0 Å². The van der Waals surface area contributed by atoms with Crippen molar-refractivity contribution in [1.29, 1.82) is 0 Å². The van der Waals surface area contributed by atoms with Crippen LogP contribution in [-0.4, -0.2) is 66.8 Å². The number of piperidine rings is 1. The Morgan fingerprint density at radius 3 is 2.11 bits per heavy atom. The minimum Gasteiger partial charge on any atom is -0.341 e. The lowest BCUT2D eigenvalue weighted by molar-refractivity contribution is -0.348. The van der Waals surface area contributed by atoms with Gasteiger partial charge in [-0.2, -0.15) is 26.3 Å². The van der Waals surface area contributed by atoms with Crippen LogP contribution in [0.4, 0.5) is 35.5 Å². The molecule has 12 heteroatoms. The number of nitrogens with zero attached hydrogens (tertiary/aromatic N) is 2. The van der Waals surface area contributed by atoms with Crippen LogP contribution in [0.3, 0.4) is 0 Å². The number of aryl methyl sites for hydroxylation is 1. The van der Waals surface area contributed by atoms with E-state index in [4.69, 9.17) is 0 Å². The zero-order chi connectivity index (χ0) is 25.8. The summed E-state index contributed by atoms with van der Waals surface area (Å²) in [4.78, 5) is 28.4. The van der Waals surface area contributed by atoms with Gasteiger partial charge in [0.15, 0.2) is 0 Å². The second-order valence-corrected chi connectivity index (χ2v) is 9.42. The average molecular weight is 509 g/mol. The van der Waals surface area contributed by atoms with E-state index in [-0.39, 0.29) is 41.8 Å². The van der Waals surface area contributed by atoms with Crippen molar-refractivity contribution < 1.29 is 40.3 Å². The quantitative estimate of drug-likeness (QED) is 0.590. The molecule has 2 aliphatic heterocycles. The van der Waals surface area contributed by atoms with E-state index < -0.39 is 23.6 Å². The van der Waals surface area contributed by atoms with Crippen LogP contribution in [0, 0.1) is 5.92 Å². The van der Waals surface area contributed by atoms with Crippen LogP contribution in [0.15, 0.2) is 18.2 Å². The van der Waals surface area contributed by atoms with Gasteiger partial charge in [-0.15, -0.1) is 0 Å². The van der Waals surface area contributed by atoms with E-state index in [9.17, 15) is 40.3 Å². The molecule has 35 heavy (non-hydrogen) atoms. The van der Waals surface area contributed by atoms with Crippen LogP contribution in [0.2, 0.25) is 0 Å². The number of amides is 3. The van der Waals surface area contributed by atoms with Gasteiger partial charge < -0.3 is 15.1 Å². The van der Waals surface area contributed by atoms with Gasteiger partial charge >= 0.3 is 24.1 Å². The zero-order valence-corrected chi connectivity index (χ0v) is 19.0. The Morgan fingerprint density at radius 2 is 1.54 bits per heavy atom. The average Bonchev–Trinajstić information content (AvgIpc) is 3.25. The number of urea groups is 1. The number of hydrogen-bond donors (Lipinski definition) is 1. The summed E-state index contributed by atoms with van der Waals surface area (Å²) < 4.78 is 93.6. The highest BCUT2D eigenvalue weighted by Gasteiger charge is 2.73. The minimum atomic E-state index is -6.15. The van der Waals surface area contributed by atoms with Crippen LogP contribution >= 0.6 is 0 Å². The first-order chi connectivity index (χ1) is 16.3. The first kappa shape index (κ1) is 25.6. The van der Waals surface area contributed by atoms with Crippen molar-refractivity contribution in [2.75, 3.05) is 26.7 Å². The lowest BCUT2D eigenvalue weighted by Gasteiger charge is -2.38. The number of halogens is 7. The van der Waals surface area contributed by atoms with E-state index in [2.05, 4.69) is 5.32 Å². The molecule has 1 N–H and O–H groups in total.